The highest BCUT2D eigenvalue weighted by molar-refractivity contribution is 5.78. The van der Waals surface area contributed by atoms with Crippen LogP contribution in [0.3, 0.4) is 0 Å². The SMILES string of the molecule is C=C1CC23CC[C@@H]4[C@](C)(C(=O)OC5(C)CCC6(C(C)C)CC56)CCC[C@@]4(C)C2CC[C@H]1C3. The van der Waals surface area contributed by atoms with E-state index in [0.717, 1.165) is 24.7 Å². The number of hydrogen-bond donors (Lipinski definition) is 0. The summed E-state index contributed by atoms with van der Waals surface area (Å²) in [5.74, 6) is 3.49. The van der Waals surface area contributed by atoms with Gasteiger partial charge in [0.05, 0.1) is 5.41 Å². The Morgan fingerprint density at radius 2 is 1.72 bits per heavy atom. The fourth-order valence-corrected chi connectivity index (χ4v) is 11.1. The van der Waals surface area contributed by atoms with Crippen LogP contribution in [0.2, 0.25) is 0 Å². The summed E-state index contributed by atoms with van der Waals surface area (Å²) in [7, 11) is 0. The zero-order valence-electron chi connectivity index (χ0n) is 21.4. The van der Waals surface area contributed by atoms with Crippen LogP contribution in [0.4, 0.5) is 0 Å². The Morgan fingerprint density at radius 3 is 2.41 bits per heavy atom. The van der Waals surface area contributed by atoms with Gasteiger partial charge >= 0.3 is 5.97 Å². The molecular weight excluding hydrogens is 392 g/mol. The second kappa shape index (κ2) is 6.45. The largest absolute Gasteiger partial charge is 0.459 e. The molecule has 6 aliphatic rings. The van der Waals surface area contributed by atoms with Crippen LogP contribution in [0.25, 0.3) is 0 Å². The first-order chi connectivity index (χ1) is 15.0. The van der Waals surface area contributed by atoms with E-state index in [-0.39, 0.29) is 22.4 Å². The molecule has 0 N–H and O–H groups in total. The van der Waals surface area contributed by atoms with Gasteiger partial charge in [-0.25, -0.2) is 0 Å². The van der Waals surface area contributed by atoms with Crippen LogP contribution >= 0.6 is 0 Å². The van der Waals surface area contributed by atoms with Gasteiger partial charge in [-0.05, 0) is 124 Å². The van der Waals surface area contributed by atoms with Gasteiger partial charge in [0.2, 0.25) is 0 Å². The predicted octanol–water partition coefficient (Wildman–Crippen LogP) is 7.71. The molecule has 178 valence electrons. The van der Waals surface area contributed by atoms with E-state index in [1.165, 1.54) is 64.2 Å². The van der Waals surface area contributed by atoms with E-state index in [4.69, 9.17) is 4.74 Å². The minimum Gasteiger partial charge on any atom is -0.459 e. The average Bonchev–Trinajstić information content (AvgIpc) is 3.36. The normalized spacial score (nSPS) is 55.9. The number of allylic oxidation sites excluding steroid dienone is 1. The second-order valence-corrected chi connectivity index (χ2v) is 14.4. The molecule has 0 aliphatic heterocycles. The number of carbonyl (C=O) groups excluding carboxylic acids is 1. The fraction of sp³-hybridized carbons (Fsp3) is 0.900. The fourth-order valence-electron chi connectivity index (χ4n) is 11.1. The van der Waals surface area contributed by atoms with Gasteiger partial charge in [-0.15, -0.1) is 0 Å². The summed E-state index contributed by atoms with van der Waals surface area (Å²) in [5.41, 5.74) is 2.25. The number of ether oxygens (including phenoxy) is 1. The molecule has 2 heteroatoms. The molecule has 6 aliphatic carbocycles. The van der Waals surface area contributed by atoms with Gasteiger partial charge in [-0.1, -0.05) is 39.3 Å². The average molecular weight is 439 g/mol. The first kappa shape index (κ1) is 21.7. The Bertz CT molecular complexity index is 859. The van der Waals surface area contributed by atoms with Crippen molar-refractivity contribution in [3.05, 3.63) is 12.2 Å². The lowest BCUT2D eigenvalue weighted by molar-refractivity contribution is -0.198. The van der Waals surface area contributed by atoms with E-state index in [1.54, 1.807) is 5.57 Å². The molecule has 6 rings (SSSR count). The molecule has 1 spiro atoms. The lowest BCUT2D eigenvalue weighted by Gasteiger charge is -2.63. The molecule has 0 aromatic carbocycles. The molecule has 5 unspecified atom stereocenters. The minimum absolute atomic E-state index is 0.155. The highest BCUT2D eigenvalue weighted by Gasteiger charge is 2.70. The van der Waals surface area contributed by atoms with E-state index in [1.807, 2.05) is 0 Å². The summed E-state index contributed by atoms with van der Waals surface area (Å²) >= 11 is 0. The van der Waals surface area contributed by atoms with Gasteiger partial charge in [-0.2, -0.15) is 0 Å². The molecule has 0 heterocycles. The molecule has 32 heavy (non-hydrogen) atoms. The van der Waals surface area contributed by atoms with Crippen molar-refractivity contribution in [2.24, 2.45) is 51.2 Å². The van der Waals surface area contributed by atoms with Crippen molar-refractivity contribution in [3.63, 3.8) is 0 Å². The molecular formula is C30H46O2. The van der Waals surface area contributed by atoms with Gasteiger partial charge in [0.25, 0.3) is 0 Å². The first-order valence-electron chi connectivity index (χ1n) is 13.9. The summed E-state index contributed by atoms with van der Waals surface area (Å²) in [6, 6.07) is 0. The van der Waals surface area contributed by atoms with Crippen molar-refractivity contribution in [2.45, 2.75) is 117 Å². The van der Waals surface area contributed by atoms with E-state index in [0.29, 0.717) is 28.6 Å². The van der Waals surface area contributed by atoms with Gasteiger partial charge in [0.1, 0.15) is 5.60 Å². The molecule has 9 atom stereocenters. The third kappa shape index (κ3) is 2.56. The van der Waals surface area contributed by atoms with Crippen molar-refractivity contribution in [1.82, 2.24) is 0 Å². The van der Waals surface area contributed by atoms with Crippen LogP contribution in [0.15, 0.2) is 12.2 Å². The van der Waals surface area contributed by atoms with E-state index < -0.39 is 0 Å². The third-order valence-corrected chi connectivity index (χ3v) is 12.9. The minimum atomic E-state index is -0.304. The highest BCUT2D eigenvalue weighted by Crippen LogP contribution is 2.74. The van der Waals surface area contributed by atoms with E-state index >= 15 is 0 Å². The molecule has 6 saturated carbocycles. The van der Waals surface area contributed by atoms with Crippen LogP contribution in [-0.2, 0) is 9.53 Å². The van der Waals surface area contributed by atoms with Crippen LogP contribution in [0.1, 0.15) is 112 Å². The Hall–Kier alpha value is -0.790. The first-order valence-corrected chi connectivity index (χ1v) is 13.9. The maximum atomic E-state index is 14.0. The number of fused-ring (bicyclic) bond motifs is 4. The molecule has 0 aromatic rings. The molecule has 0 amide bonds. The van der Waals surface area contributed by atoms with Gasteiger partial charge < -0.3 is 4.74 Å². The van der Waals surface area contributed by atoms with Crippen molar-refractivity contribution in [2.75, 3.05) is 0 Å². The molecule has 0 aromatic heterocycles. The lowest BCUT2D eigenvalue weighted by atomic mass is 9.41. The Labute approximate surface area is 196 Å². The second-order valence-electron chi connectivity index (χ2n) is 14.4. The van der Waals surface area contributed by atoms with Gasteiger partial charge in [0, 0.05) is 5.92 Å². The van der Waals surface area contributed by atoms with Crippen LogP contribution < -0.4 is 0 Å². The van der Waals surface area contributed by atoms with Crippen molar-refractivity contribution < 1.29 is 9.53 Å². The topological polar surface area (TPSA) is 26.3 Å². The summed E-state index contributed by atoms with van der Waals surface area (Å²) in [5, 5.41) is 0. The van der Waals surface area contributed by atoms with Gasteiger partial charge in [-0.3, -0.25) is 4.79 Å². The quantitative estimate of drug-likeness (QED) is 0.333. The summed E-state index contributed by atoms with van der Waals surface area (Å²) in [4.78, 5) is 14.0. The number of hydrogen-bond acceptors (Lipinski definition) is 2. The molecule has 2 bridgehead atoms. The van der Waals surface area contributed by atoms with Crippen molar-refractivity contribution in [3.8, 4) is 0 Å². The predicted molar refractivity (Wildman–Crippen MR) is 129 cm³/mol. The Kier molecular flexibility index (Phi) is 4.38. The van der Waals surface area contributed by atoms with E-state index in [9.17, 15) is 4.79 Å². The van der Waals surface area contributed by atoms with Gasteiger partial charge in [0.15, 0.2) is 0 Å². The Morgan fingerprint density at radius 1 is 0.938 bits per heavy atom. The standard InChI is InChI=1S/C30H46O2/c1-19(2)30-15-14-28(6,24(30)18-30)32-25(31)27(5)12-7-11-26(4)22(27)10-13-29-16-20(3)21(17-29)8-9-23(26)29/h19,21-24H,3,7-18H2,1-2,4-6H3/t21-,22-,23?,24?,26+,27+,28?,29?,30?/m0/s1. The van der Waals surface area contributed by atoms with E-state index in [2.05, 4.69) is 41.2 Å². The molecule has 0 saturated heterocycles. The molecule has 0 radical (unpaired) electrons. The number of rotatable bonds is 3. The zero-order valence-corrected chi connectivity index (χ0v) is 21.4. The van der Waals surface area contributed by atoms with Crippen LogP contribution in [0.5, 0.6) is 0 Å². The number of esters is 1. The highest BCUT2D eigenvalue weighted by atomic mass is 16.6. The van der Waals surface area contributed by atoms with Crippen molar-refractivity contribution in [1.29, 1.82) is 0 Å². The summed E-state index contributed by atoms with van der Waals surface area (Å²) in [6.45, 7) is 16.4. The molecule has 6 fully saturated rings. The maximum absolute atomic E-state index is 14.0. The lowest BCUT2D eigenvalue weighted by Crippen LogP contribution is -2.59. The smallest absolute Gasteiger partial charge is 0.312 e. The van der Waals surface area contributed by atoms with Crippen LogP contribution in [0, 0.1) is 51.2 Å². The number of carbonyl (C=O) groups is 1. The molecule has 2 nitrogen and oxygen atoms in total. The third-order valence-electron chi connectivity index (χ3n) is 12.9. The Balaban J connectivity index is 1.26. The monoisotopic (exact) mass is 438 g/mol. The van der Waals surface area contributed by atoms with Crippen molar-refractivity contribution >= 4 is 5.97 Å². The van der Waals surface area contributed by atoms with Crippen LogP contribution in [-0.4, -0.2) is 11.6 Å². The summed E-state index contributed by atoms with van der Waals surface area (Å²) in [6.07, 6.45) is 15.0. The maximum Gasteiger partial charge on any atom is 0.312 e. The summed E-state index contributed by atoms with van der Waals surface area (Å²) < 4.78 is 6.62. The zero-order chi connectivity index (χ0) is 22.7.